The van der Waals surface area contributed by atoms with E-state index in [2.05, 4.69) is 16.4 Å². The molecule has 0 bridgehead atoms. The molecule has 0 aliphatic rings. The summed E-state index contributed by atoms with van der Waals surface area (Å²) in [5, 5.41) is 24.1. The Balaban J connectivity index is 1.77. The molecule has 23 heavy (non-hydrogen) atoms. The standard InChI is InChI=1S/C18H17N2O3/c21-15-8-6-13(14-7-9-17(23)20-18(14)15)16(22)11-19-10-12-4-2-1-3-5-12/h2-9,16,19,21-22H,10-11H2,(H,20,23)/t16-/m1/s1. The summed E-state index contributed by atoms with van der Waals surface area (Å²) in [6.45, 7) is 0.996. The Morgan fingerprint density at radius 1 is 1.13 bits per heavy atom. The third-order valence-corrected chi connectivity index (χ3v) is 3.72. The van der Waals surface area contributed by atoms with Crippen LogP contribution in [0, 0.1) is 6.07 Å². The van der Waals surface area contributed by atoms with Gasteiger partial charge in [0.2, 0.25) is 5.56 Å². The number of phenols is 1. The zero-order chi connectivity index (χ0) is 16.2. The summed E-state index contributed by atoms with van der Waals surface area (Å²) in [7, 11) is 0. The number of benzene rings is 2. The van der Waals surface area contributed by atoms with Gasteiger partial charge in [0, 0.05) is 24.5 Å². The molecule has 0 aliphatic heterocycles. The molecule has 117 valence electrons. The largest absolute Gasteiger partial charge is 0.506 e. The molecule has 1 aromatic heterocycles. The summed E-state index contributed by atoms with van der Waals surface area (Å²) in [6.07, 6.45) is -0.751. The molecule has 4 N–H and O–H groups in total. The van der Waals surface area contributed by atoms with Crippen LogP contribution >= 0.6 is 0 Å². The molecule has 3 aromatic rings. The first-order valence-electron chi connectivity index (χ1n) is 7.34. The summed E-state index contributed by atoms with van der Waals surface area (Å²) >= 11 is 0. The fourth-order valence-corrected chi connectivity index (χ4v) is 2.55. The van der Waals surface area contributed by atoms with E-state index in [1.165, 1.54) is 12.1 Å². The lowest BCUT2D eigenvalue weighted by molar-refractivity contribution is 0.176. The maximum absolute atomic E-state index is 11.4. The van der Waals surface area contributed by atoms with E-state index >= 15 is 0 Å². The maximum Gasteiger partial charge on any atom is 0.248 e. The van der Waals surface area contributed by atoms with Crippen LogP contribution in [0.3, 0.4) is 0 Å². The predicted octanol–water partition coefficient (Wildman–Crippen LogP) is 1.86. The Bertz CT molecular complexity index is 859. The Morgan fingerprint density at radius 3 is 2.70 bits per heavy atom. The van der Waals surface area contributed by atoms with Crippen molar-refractivity contribution < 1.29 is 10.2 Å². The molecule has 0 saturated heterocycles. The Hall–Kier alpha value is -2.63. The highest BCUT2D eigenvalue weighted by atomic mass is 16.3. The number of fused-ring (bicyclic) bond motifs is 1. The lowest BCUT2D eigenvalue weighted by Crippen LogP contribution is -2.21. The summed E-state index contributed by atoms with van der Waals surface area (Å²) in [6, 6.07) is 16.7. The van der Waals surface area contributed by atoms with E-state index in [-0.39, 0.29) is 11.3 Å². The molecule has 0 amide bonds. The van der Waals surface area contributed by atoms with Crippen LogP contribution in [0.2, 0.25) is 0 Å². The first-order chi connectivity index (χ1) is 11.1. The average Bonchev–Trinajstić information content (AvgIpc) is 2.56. The summed E-state index contributed by atoms with van der Waals surface area (Å²) in [5.41, 5.74) is 1.81. The number of hydrogen-bond donors (Lipinski definition) is 4. The third-order valence-electron chi connectivity index (χ3n) is 3.72. The van der Waals surface area contributed by atoms with Crippen molar-refractivity contribution >= 4 is 10.9 Å². The third kappa shape index (κ3) is 3.41. The summed E-state index contributed by atoms with van der Waals surface area (Å²) in [5.74, 6) is -0.0119. The van der Waals surface area contributed by atoms with Crippen molar-refractivity contribution in [1.82, 2.24) is 10.3 Å². The van der Waals surface area contributed by atoms with Gasteiger partial charge >= 0.3 is 0 Å². The number of aliphatic hydroxyl groups excluding tert-OH is 1. The van der Waals surface area contributed by atoms with Crippen LogP contribution in [0.15, 0.2) is 53.3 Å². The molecule has 1 heterocycles. The molecule has 3 rings (SSSR count). The quantitative estimate of drug-likeness (QED) is 0.579. The van der Waals surface area contributed by atoms with Gasteiger partial charge in [-0.1, -0.05) is 30.3 Å². The van der Waals surface area contributed by atoms with E-state index in [9.17, 15) is 15.0 Å². The van der Waals surface area contributed by atoms with Gasteiger partial charge in [0.05, 0.1) is 11.6 Å². The summed E-state index contributed by atoms with van der Waals surface area (Å²) < 4.78 is 0. The molecule has 1 atom stereocenters. The van der Waals surface area contributed by atoms with Crippen LogP contribution in [-0.2, 0) is 6.54 Å². The second-order valence-electron chi connectivity index (χ2n) is 5.34. The molecule has 5 nitrogen and oxygen atoms in total. The fourth-order valence-electron chi connectivity index (χ4n) is 2.55. The molecule has 0 spiro atoms. The number of pyridine rings is 1. The van der Waals surface area contributed by atoms with Gasteiger partial charge in [0.25, 0.3) is 0 Å². The van der Waals surface area contributed by atoms with Crippen LogP contribution in [0.5, 0.6) is 5.75 Å². The molecule has 5 heteroatoms. The van der Waals surface area contributed by atoms with E-state index in [0.717, 1.165) is 5.56 Å². The van der Waals surface area contributed by atoms with Crippen molar-refractivity contribution in [3.8, 4) is 5.75 Å². The van der Waals surface area contributed by atoms with Crippen molar-refractivity contribution in [2.24, 2.45) is 0 Å². The minimum atomic E-state index is -0.751. The van der Waals surface area contributed by atoms with E-state index in [0.29, 0.717) is 29.6 Å². The molecule has 1 radical (unpaired) electrons. The lowest BCUT2D eigenvalue weighted by Gasteiger charge is -2.15. The van der Waals surface area contributed by atoms with Crippen LogP contribution < -0.4 is 10.9 Å². The normalized spacial score (nSPS) is 12.4. The SMILES string of the molecule is O=c1ccc2c([C@H](O)CNCc3cc[c]cc3)ccc(O)c2[nH]1. The molecular formula is C18H17N2O3. The van der Waals surface area contributed by atoms with Crippen LogP contribution in [0.25, 0.3) is 10.9 Å². The molecule has 0 aliphatic carbocycles. The number of phenolic OH excluding ortho intramolecular Hbond substituents is 1. The average molecular weight is 309 g/mol. The van der Waals surface area contributed by atoms with Crippen molar-refractivity contribution in [2.75, 3.05) is 6.54 Å². The molecular weight excluding hydrogens is 292 g/mol. The van der Waals surface area contributed by atoms with E-state index in [4.69, 9.17) is 0 Å². The summed E-state index contributed by atoms with van der Waals surface area (Å²) in [4.78, 5) is 14.0. The molecule has 0 saturated carbocycles. The second-order valence-corrected chi connectivity index (χ2v) is 5.34. The molecule has 0 fully saturated rings. The number of hydrogen-bond acceptors (Lipinski definition) is 4. The van der Waals surface area contributed by atoms with Gasteiger partial charge in [-0.15, -0.1) is 0 Å². The van der Waals surface area contributed by atoms with Crippen LogP contribution in [0.1, 0.15) is 17.2 Å². The van der Waals surface area contributed by atoms with Crippen molar-refractivity contribution in [3.05, 3.63) is 76.1 Å². The van der Waals surface area contributed by atoms with E-state index in [1.54, 1.807) is 12.1 Å². The number of H-pyrrole nitrogens is 1. The minimum Gasteiger partial charge on any atom is -0.506 e. The fraction of sp³-hybridized carbons (Fsp3) is 0.167. The van der Waals surface area contributed by atoms with Crippen LogP contribution in [-0.4, -0.2) is 21.7 Å². The van der Waals surface area contributed by atoms with Gasteiger partial charge in [0.15, 0.2) is 0 Å². The lowest BCUT2D eigenvalue weighted by atomic mass is 10.0. The minimum absolute atomic E-state index is 0.0119. The van der Waals surface area contributed by atoms with E-state index in [1.807, 2.05) is 24.3 Å². The first-order valence-corrected chi connectivity index (χ1v) is 7.34. The van der Waals surface area contributed by atoms with Gasteiger partial charge in [-0.25, -0.2) is 0 Å². The highest BCUT2D eigenvalue weighted by Gasteiger charge is 2.13. The zero-order valence-corrected chi connectivity index (χ0v) is 12.4. The first kappa shape index (κ1) is 15.3. The second kappa shape index (κ2) is 6.64. The monoisotopic (exact) mass is 309 g/mol. The Kier molecular flexibility index (Phi) is 4.41. The van der Waals surface area contributed by atoms with Crippen molar-refractivity contribution in [1.29, 1.82) is 0 Å². The van der Waals surface area contributed by atoms with Gasteiger partial charge in [-0.05, 0) is 29.3 Å². The predicted molar refractivity (Wildman–Crippen MR) is 88.2 cm³/mol. The Morgan fingerprint density at radius 2 is 1.91 bits per heavy atom. The molecule has 0 unspecified atom stereocenters. The Labute approximate surface area is 133 Å². The maximum atomic E-state index is 11.4. The highest BCUT2D eigenvalue weighted by Crippen LogP contribution is 2.28. The topological polar surface area (TPSA) is 85.3 Å². The van der Waals surface area contributed by atoms with Gasteiger partial charge in [-0.3, -0.25) is 4.79 Å². The zero-order valence-electron chi connectivity index (χ0n) is 12.4. The van der Waals surface area contributed by atoms with E-state index < -0.39 is 6.10 Å². The van der Waals surface area contributed by atoms with Crippen molar-refractivity contribution in [3.63, 3.8) is 0 Å². The number of aromatic amines is 1. The van der Waals surface area contributed by atoms with Crippen molar-refractivity contribution in [2.45, 2.75) is 12.6 Å². The van der Waals surface area contributed by atoms with Gasteiger partial charge in [-0.2, -0.15) is 0 Å². The highest BCUT2D eigenvalue weighted by molar-refractivity contribution is 5.87. The number of aromatic hydroxyl groups is 1. The number of rotatable bonds is 5. The smallest absolute Gasteiger partial charge is 0.248 e. The van der Waals surface area contributed by atoms with Crippen LogP contribution in [0.4, 0.5) is 0 Å². The number of aliphatic hydroxyl groups is 1. The molecule has 2 aromatic carbocycles. The number of nitrogens with one attached hydrogen (secondary N) is 2. The number of aromatic nitrogens is 1. The van der Waals surface area contributed by atoms with Gasteiger partial charge in [0.1, 0.15) is 5.75 Å². The van der Waals surface area contributed by atoms with Gasteiger partial charge < -0.3 is 20.5 Å².